The minimum absolute atomic E-state index is 0.141. The molecule has 0 saturated heterocycles. The summed E-state index contributed by atoms with van der Waals surface area (Å²) in [4.78, 5) is 44.0. The van der Waals surface area contributed by atoms with Crippen molar-refractivity contribution in [3.05, 3.63) is 158 Å². The van der Waals surface area contributed by atoms with E-state index in [0.717, 1.165) is 22.3 Å². The monoisotopic (exact) mass is 549 g/mol. The van der Waals surface area contributed by atoms with Gasteiger partial charge in [0.2, 0.25) is 0 Å². The maximum Gasteiger partial charge on any atom is 0.331 e. The molecule has 8 heteroatoms. The van der Waals surface area contributed by atoms with Crippen LogP contribution >= 0.6 is 0 Å². The highest BCUT2D eigenvalue weighted by atomic mass is 19.1. The average Bonchev–Trinajstić information content (AvgIpc) is 3.00. The van der Waals surface area contributed by atoms with Crippen molar-refractivity contribution in [2.75, 3.05) is 0 Å². The molecule has 1 N–H and O–H groups in total. The highest BCUT2D eigenvalue weighted by Gasteiger charge is 2.14. The van der Waals surface area contributed by atoms with Crippen molar-refractivity contribution in [3.63, 3.8) is 0 Å². The molecule has 1 amide bonds. The van der Waals surface area contributed by atoms with Crippen molar-refractivity contribution in [3.8, 4) is 0 Å². The molecule has 0 radical (unpaired) electrons. The molecular formula is C33H28FN3O4. The van der Waals surface area contributed by atoms with E-state index in [2.05, 4.69) is 5.48 Å². The number of aryl methyl sites for hydroxylation is 1. The van der Waals surface area contributed by atoms with Crippen molar-refractivity contribution < 1.29 is 14.0 Å². The maximum absolute atomic E-state index is 14.2. The summed E-state index contributed by atoms with van der Waals surface area (Å²) >= 11 is 0. The summed E-state index contributed by atoms with van der Waals surface area (Å²) < 4.78 is 16.8. The standard InChI is InChI=1S/C33H28FN3O4/c34-28-16-17-29-30(21-28)37(33(40)36(32(29)39)20-19-24-7-3-1-4-8-24)22-26-13-11-25(12-14-26)15-18-31(38)35-41-23-27-9-5-2-6-10-27/h1-18,21H,19-20,22-23H2,(H,35,38)/b18-15+. The minimum Gasteiger partial charge on any atom is -0.289 e. The van der Waals surface area contributed by atoms with Crippen LogP contribution < -0.4 is 16.7 Å². The molecule has 1 heterocycles. The Morgan fingerprint density at radius 1 is 0.805 bits per heavy atom. The highest BCUT2D eigenvalue weighted by Crippen LogP contribution is 2.14. The van der Waals surface area contributed by atoms with E-state index in [9.17, 15) is 18.8 Å². The predicted octanol–water partition coefficient (Wildman–Crippen LogP) is 4.85. The molecule has 0 aliphatic carbocycles. The number of hydroxylamine groups is 1. The molecule has 5 rings (SSSR count). The fourth-order valence-corrected chi connectivity index (χ4v) is 4.51. The lowest BCUT2D eigenvalue weighted by Crippen LogP contribution is -2.40. The van der Waals surface area contributed by atoms with Crippen LogP contribution in [0.5, 0.6) is 0 Å². The summed E-state index contributed by atoms with van der Waals surface area (Å²) in [5.74, 6) is -0.929. The van der Waals surface area contributed by atoms with Gasteiger partial charge in [-0.05, 0) is 52.9 Å². The van der Waals surface area contributed by atoms with E-state index in [1.54, 1.807) is 6.08 Å². The van der Waals surface area contributed by atoms with Crippen LogP contribution in [0.2, 0.25) is 0 Å². The number of amides is 1. The van der Waals surface area contributed by atoms with E-state index >= 15 is 0 Å². The number of nitrogens with one attached hydrogen (secondary N) is 1. The van der Waals surface area contributed by atoms with Gasteiger partial charge in [-0.25, -0.2) is 14.7 Å². The number of aromatic nitrogens is 2. The van der Waals surface area contributed by atoms with E-state index < -0.39 is 23.0 Å². The zero-order valence-corrected chi connectivity index (χ0v) is 22.2. The van der Waals surface area contributed by atoms with Gasteiger partial charge in [-0.15, -0.1) is 0 Å². The predicted molar refractivity (Wildman–Crippen MR) is 157 cm³/mol. The molecule has 0 fully saturated rings. The molecule has 0 unspecified atom stereocenters. The summed E-state index contributed by atoms with van der Waals surface area (Å²) in [5.41, 5.74) is 5.17. The quantitative estimate of drug-likeness (QED) is 0.199. The number of carbonyl (C=O) groups excluding carboxylic acids is 1. The fraction of sp³-hybridized carbons (Fsp3) is 0.121. The third-order valence-electron chi connectivity index (χ3n) is 6.66. The number of halogens is 1. The lowest BCUT2D eigenvalue weighted by Gasteiger charge is -2.15. The van der Waals surface area contributed by atoms with Crippen LogP contribution in [0, 0.1) is 5.82 Å². The van der Waals surface area contributed by atoms with Gasteiger partial charge in [-0.1, -0.05) is 84.9 Å². The molecule has 4 aromatic carbocycles. The van der Waals surface area contributed by atoms with Crippen LogP contribution in [0.25, 0.3) is 17.0 Å². The Balaban J connectivity index is 1.31. The van der Waals surface area contributed by atoms with E-state index in [0.29, 0.717) is 6.42 Å². The second-order valence-electron chi connectivity index (χ2n) is 9.54. The first-order valence-corrected chi connectivity index (χ1v) is 13.2. The van der Waals surface area contributed by atoms with Gasteiger partial charge in [-0.2, -0.15) is 0 Å². The topological polar surface area (TPSA) is 82.3 Å². The number of rotatable bonds is 10. The highest BCUT2D eigenvalue weighted by molar-refractivity contribution is 5.90. The first-order valence-electron chi connectivity index (χ1n) is 13.2. The minimum atomic E-state index is -0.529. The summed E-state index contributed by atoms with van der Waals surface area (Å²) in [7, 11) is 0. The molecule has 206 valence electrons. The normalized spacial score (nSPS) is 11.2. The Kier molecular flexibility index (Phi) is 8.61. The Hall–Kier alpha value is -5.08. The summed E-state index contributed by atoms with van der Waals surface area (Å²) in [5, 5.41) is 0.277. The molecular weight excluding hydrogens is 521 g/mol. The van der Waals surface area contributed by atoms with Crippen LogP contribution in [0.15, 0.2) is 119 Å². The molecule has 1 aromatic heterocycles. The first kappa shape index (κ1) is 27.5. The van der Waals surface area contributed by atoms with Gasteiger partial charge in [0.05, 0.1) is 24.1 Å². The maximum atomic E-state index is 14.2. The fourth-order valence-electron chi connectivity index (χ4n) is 4.51. The molecule has 41 heavy (non-hydrogen) atoms. The van der Waals surface area contributed by atoms with Crippen LogP contribution in [-0.4, -0.2) is 15.0 Å². The number of hydrogen-bond acceptors (Lipinski definition) is 4. The molecule has 7 nitrogen and oxygen atoms in total. The zero-order chi connectivity index (χ0) is 28.6. The molecule has 0 bridgehead atoms. The molecule has 0 aliphatic heterocycles. The summed E-state index contributed by atoms with van der Waals surface area (Å²) in [6, 6.07) is 30.2. The number of hydrogen-bond donors (Lipinski definition) is 1. The van der Waals surface area contributed by atoms with Crippen LogP contribution in [0.3, 0.4) is 0 Å². The molecule has 0 aliphatic rings. The first-order chi connectivity index (χ1) is 20.0. The van der Waals surface area contributed by atoms with Crippen molar-refractivity contribution in [1.29, 1.82) is 0 Å². The molecule has 0 atom stereocenters. The van der Waals surface area contributed by atoms with E-state index in [1.165, 1.54) is 33.4 Å². The van der Waals surface area contributed by atoms with E-state index in [4.69, 9.17) is 4.84 Å². The Morgan fingerprint density at radius 3 is 2.20 bits per heavy atom. The van der Waals surface area contributed by atoms with E-state index in [-0.39, 0.29) is 30.6 Å². The summed E-state index contributed by atoms with van der Waals surface area (Å²) in [6.07, 6.45) is 3.52. The largest absolute Gasteiger partial charge is 0.331 e. The van der Waals surface area contributed by atoms with E-state index in [1.807, 2.05) is 84.9 Å². The second kappa shape index (κ2) is 12.8. The van der Waals surface area contributed by atoms with Gasteiger partial charge < -0.3 is 0 Å². The lowest BCUT2D eigenvalue weighted by atomic mass is 10.1. The van der Waals surface area contributed by atoms with Crippen molar-refractivity contribution in [2.24, 2.45) is 0 Å². The van der Waals surface area contributed by atoms with Crippen molar-refractivity contribution in [1.82, 2.24) is 14.6 Å². The molecule has 0 saturated carbocycles. The zero-order valence-electron chi connectivity index (χ0n) is 22.2. The smallest absolute Gasteiger partial charge is 0.289 e. The second-order valence-corrected chi connectivity index (χ2v) is 9.54. The number of benzene rings is 4. The Labute approximate surface area is 235 Å². The van der Waals surface area contributed by atoms with Gasteiger partial charge >= 0.3 is 5.69 Å². The van der Waals surface area contributed by atoms with Crippen LogP contribution in [-0.2, 0) is 35.7 Å². The average molecular weight is 550 g/mol. The van der Waals surface area contributed by atoms with Gasteiger partial charge in [-0.3, -0.25) is 23.6 Å². The number of fused-ring (bicyclic) bond motifs is 1. The number of nitrogens with zero attached hydrogens (tertiary/aromatic N) is 2. The van der Waals surface area contributed by atoms with Crippen molar-refractivity contribution in [2.45, 2.75) is 26.1 Å². The third-order valence-corrected chi connectivity index (χ3v) is 6.66. The Bertz CT molecular complexity index is 1800. The van der Waals surface area contributed by atoms with Crippen LogP contribution in [0.1, 0.15) is 22.3 Å². The molecule has 5 aromatic rings. The van der Waals surface area contributed by atoms with Crippen molar-refractivity contribution >= 4 is 22.9 Å². The van der Waals surface area contributed by atoms with Crippen LogP contribution in [0.4, 0.5) is 4.39 Å². The number of carbonyl (C=O) groups is 1. The molecule has 0 spiro atoms. The lowest BCUT2D eigenvalue weighted by molar-refractivity contribution is -0.129. The van der Waals surface area contributed by atoms with Gasteiger partial charge in [0, 0.05) is 12.6 Å². The Morgan fingerprint density at radius 2 is 1.49 bits per heavy atom. The van der Waals surface area contributed by atoms with Gasteiger partial charge in [0.25, 0.3) is 11.5 Å². The van der Waals surface area contributed by atoms with Gasteiger partial charge in [0.15, 0.2) is 0 Å². The SMILES string of the molecule is O=C(/C=C/c1ccc(Cn2c(=O)n(CCc3ccccc3)c(=O)c3ccc(F)cc32)cc1)NOCc1ccccc1. The third kappa shape index (κ3) is 6.93. The van der Waals surface area contributed by atoms with Gasteiger partial charge in [0.1, 0.15) is 5.82 Å². The summed E-state index contributed by atoms with van der Waals surface area (Å²) in [6.45, 7) is 0.602.